The van der Waals surface area contributed by atoms with Crippen molar-refractivity contribution in [3.05, 3.63) is 118 Å². The molecule has 3 aromatic carbocycles. The Hall–Kier alpha value is -3.52. The number of hydrogen-bond donors (Lipinski definition) is 3. The molecule has 1 amide bonds. The van der Waals surface area contributed by atoms with Gasteiger partial charge in [0.25, 0.3) is 5.91 Å². The highest BCUT2D eigenvalue weighted by Crippen LogP contribution is 2.24. The molecule has 0 saturated heterocycles. The number of nitrogens with one attached hydrogen (secondary N) is 2. The number of rotatable bonds is 11. The molecule has 198 valence electrons. The highest BCUT2D eigenvalue weighted by Gasteiger charge is 2.24. The van der Waals surface area contributed by atoms with Gasteiger partial charge >= 0.3 is 0 Å². The van der Waals surface area contributed by atoms with E-state index in [9.17, 15) is 18.7 Å². The number of amides is 1. The summed E-state index contributed by atoms with van der Waals surface area (Å²) in [6.07, 6.45) is -0.119. The van der Waals surface area contributed by atoms with Crippen LogP contribution in [0.15, 0.2) is 83.3 Å². The quantitative estimate of drug-likeness (QED) is 0.221. The molecule has 0 radical (unpaired) electrons. The van der Waals surface area contributed by atoms with Crippen LogP contribution in [0.25, 0.3) is 11.3 Å². The molecule has 38 heavy (non-hydrogen) atoms. The lowest BCUT2D eigenvalue weighted by atomic mass is 10.00. The van der Waals surface area contributed by atoms with Gasteiger partial charge in [0.2, 0.25) is 0 Å². The lowest BCUT2D eigenvalue weighted by Crippen LogP contribution is -2.48. The molecule has 0 spiro atoms. The largest absolute Gasteiger partial charge is 0.451 e. The summed E-state index contributed by atoms with van der Waals surface area (Å²) in [5.41, 5.74) is 3.33. The molecular weight excluding hydrogens is 510 g/mol. The average Bonchev–Trinajstić information content (AvgIpc) is 3.39. The van der Waals surface area contributed by atoms with Crippen molar-refractivity contribution in [2.24, 2.45) is 0 Å². The summed E-state index contributed by atoms with van der Waals surface area (Å²) in [5.74, 6) is -1.49. The van der Waals surface area contributed by atoms with Gasteiger partial charge in [-0.1, -0.05) is 42.8 Å². The fourth-order valence-electron chi connectivity index (χ4n) is 4.20. The molecule has 0 saturated carbocycles. The van der Waals surface area contributed by atoms with Gasteiger partial charge < -0.3 is 20.2 Å². The predicted octanol–water partition coefficient (Wildman–Crippen LogP) is 5.93. The minimum atomic E-state index is -1.05. The molecule has 8 heteroatoms. The Kier molecular flexibility index (Phi) is 9.29. The maximum absolute atomic E-state index is 13.8. The van der Waals surface area contributed by atoms with Crippen LogP contribution in [0.5, 0.6) is 0 Å². The van der Waals surface area contributed by atoms with E-state index in [-0.39, 0.29) is 18.7 Å². The maximum Gasteiger partial charge on any atom is 0.287 e. The maximum atomic E-state index is 13.8. The molecule has 0 aliphatic heterocycles. The van der Waals surface area contributed by atoms with Gasteiger partial charge in [-0.05, 0) is 78.1 Å². The summed E-state index contributed by atoms with van der Waals surface area (Å²) in [4.78, 5) is 13.0. The second kappa shape index (κ2) is 12.8. The van der Waals surface area contributed by atoms with Crippen LogP contribution in [-0.2, 0) is 19.4 Å². The number of hydrogen-bond acceptors (Lipinski definition) is 4. The standard InChI is InChI=1S/C30H29ClF2N2O3/c1-2-19-4-3-5-20(12-19)17-34-18-27(36)26(15-21-13-24(32)16-25(33)14-21)35-30(37)29-11-10-28(38-29)22-6-8-23(31)9-7-22/h3-14,16,26-27,34,36H,2,15,17-18H2,1H3,(H,35,37)/t26-,27+/m0/s1. The Labute approximate surface area is 225 Å². The number of halogens is 3. The molecule has 4 aromatic rings. The van der Waals surface area contributed by atoms with Gasteiger partial charge in [0, 0.05) is 29.7 Å². The Balaban J connectivity index is 1.46. The fourth-order valence-corrected chi connectivity index (χ4v) is 4.33. The van der Waals surface area contributed by atoms with Gasteiger partial charge in [0.15, 0.2) is 5.76 Å². The molecule has 0 aliphatic rings. The summed E-state index contributed by atoms with van der Waals surface area (Å²) >= 11 is 5.94. The van der Waals surface area contributed by atoms with Crippen LogP contribution >= 0.6 is 11.6 Å². The van der Waals surface area contributed by atoms with Gasteiger partial charge in [-0.2, -0.15) is 0 Å². The molecule has 1 heterocycles. The van der Waals surface area contributed by atoms with Crippen molar-refractivity contribution in [3.63, 3.8) is 0 Å². The number of carbonyl (C=O) groups excluding carboxylic acids is 1. The van der Waals surface area contributed by atoms with Crippen molar-refractivity contribution in [2.45, 2.75) is 38.5 Å². The predicted molar refractivity (Wildman–Crippen MR) is 144 cm³/mol. The smallest absolute Gasteiger partial charge is 0.287 e. The first-order valence-corrected chi connectivity index (χ1v) is 12.8. The van der Waals surface area contributed by atoms with Gasteiger partial charge in [-0.3, -0.25) is 4.79 Å². The lowest BCUT2D eigenvalue weighted by Gasteiger charge is -2.24. The average molecular weight is 539 g/mol. The normalized spacial score (nSPS) is 12.8. The molecule has 1 aromatic heterocycles. The molecule has 2 atom stereocenters. The molecule has 0 aliphatic carbocycles. The molecule has 5 nitrogen and oxygen atoms in total. The number of aliphatic hydroxyl groups excluding tert-OH is 1. The van der Waals surface area contributed by atoms with E-state index in [1.54, 1.807) is 30.3 Å². The monoisotopic (exact) mass is 538 g/mol. The number of aliphatic hydroxyl groups is 1. The van der Waals surface area contributed by atoms with Gasteiger partial charge in [0.1, 0.15) is 17.4 Å². The van der Waals surface area contributed by atoms with Crippen molar-refractivity contribution in [1.29, 1.82) is 0 Å². The fraction of sp³-hybridized carbons (Fsp3) is 0.233. The number of carbonyl (C=O) groups is 1. The SMILES string of the molecule is CCc1cccc(CNC[C@@H](O)[C@H](Cc2cc(F)cc(F)c2)NC(=O)c2ccc(-c3ccc(Cl)cc3)o2)c1. The zero-order valence-corrected chi connectivity index (χ0v) is 21.6. The van der Waals surface area contributed by atoms with Gasteiger partial charge in [-0.25, -0.2) is 8.78 Å². The zero-order valence-electron chi connectivity index (χ0n) is 20.9. The van der Waals surface area contributed by atoms with Crippen molar-refractivity contribution in [1.82, 2.24) is 10.6 Å². The minimum Gasteiger partial charge on any atom is -0.451 e. The molecule has 4 rings (SSSR count). The second-order valence-electron chi connectivity index (χ2n) is 9.10. The van der Waals surface area contributed by atoms with Crippen LogP contribution in [0.2, 0.25) is 5.02 Å². The van der Waals surface area contributed by atoms with Crippen LogP contribution in [0, 0.1) is 11.6 Å². The Morgan fingerprint density at radius 3 is 2.37 bits per heavy atom. The van der Waals surface area contributed by atoms with Crippen molar-refractivity contribution < 1.29 is 23.1 Å². The van der Waals surface area contributed by atoms with Crippen LogP contribution < -0.4 is 10.6 Å². The number of furan rings is 1. The Morgan fingerprint density at radius 2 is 1.66 bits per heavy atom. The highest BCUT2D eigenvalue weighted by molar-refractivity contribution is 6.30. The second-order valence-corrected chi connectivity index (χ2v) is 9.54. The Morgan fingerprint density at radius 1 is 0.947 bits per heavy atom. The van der Waals surface area contributed by atoms with Crippen LogP contribution in [0.4, 0.5) is 8.78 Å². The third-order valence-electron chi connectivity index (χ3n) is 6.20. The van der Waals surface area contributed by atoms with E-state index in [1.807, 2.05) is 12.1 Å². The van der Waals surface area contributed by atoms with E-state index in [4.69, 9.17) is 16.0 Å². The Bertz CT molecular complexity index is 1350. The van der Waals surface area contributed by atoms with E-state index in [1.165, 1.54) is 23.8 Å². The first-order valence-electron chi connectivity index (χ1n) is 12.4. The first kappa shape index (κ1) is 27.5. The van der Waals surface area contributed by atoms with Crippen molar-refractivity contribution in [3.8, 4) is 11.3 Å². The van der Waals surface area contributed by atoms with Crippen molar-refractivity contribution >= 4 is 17.5 Å². The third-order valence-corrected chi connectivity index (χ3v) is 6.45. The number of benzene rings is 3. The summed E-state index contributed by atoms with van der Waals surface area (Å²) in [5, 5.41) is 17.5. The molecular formula is C30H29ClF2N2O3. The highest BCUT2D eigenvalue weighted by atomic mass is 35.5. The summed E-state index contributed by atoms with van der Waals surface area (Å²) in [7, 11) is 0. The lowest BCUT2D eigenvalue weighted by molar-refractivity contribution is 0.0805. The van der Waals surface area contributed by atoms with E-state index in [2.05, 4.69) is 29.7 Å². The van der Waals surface area contributed by atoms with Gasteiger partial charge in [0.05, 0.1) is 12.1 Å². The van der Waals surface area contributed by atoms with Crippen LogP contribution in [0.3, 0.4) is 0 Å². The molecule has 0 fully saturated rings. The van der Waals surface area contributed by atoms with Crippen LogP contribution in [0.1, 0.15) is 34.2 Å². The topological polar surface area (TPSA) is 74.5 Å². The summed E-state index contributed by atoms with van der Waals surface area (Å²) < 4.78 is 33.4. The number of aryl methyl sites for hydroxylation is 1. The third kappa shape index (κ3) is 7.51. The van der Waals surface area contributed by atoms with E-state index >= 15 is 0 Å². The molecule has 3 N–H and O–H groups in total. The van der Waals surface area contributed by atoms with Crippen molar-refractivity contribution in [2.75, 3.05) is 6.54 Å². The van der Waals surface area contributed by atoms with Gasteiger partial charge in [-0.15, -0.1) is 0 Å². The zero-order chi connectivity index (χ0) is 27.1. The summed E-state index contributed by atoms with van der Waals surface area (Å²) in [6, 6.07) is 20.6. The molecule has 0 unspecified atom stereocenters. The van der Waals surface area contributed by atoms with Crippen LogP contribution in [-0.4, -0.2) is 29.7 Å². The summed E-state index contributed by atoms with van der Waals surface area (Å²) in [6.45, 7) is 2.74. The molecule has 0 bridgehead atoms. The van der Waals surface area contributed by atoms with E-state index in [0.717, 1.165) is 23.6 Å². The van der Waals surface area contributed by atoms with E-state index in [0.29, 0.717) is 22.9 Å². The first-order chi connectivity index (χ1) is 18.3. The minimum absolute atomic E-state index is 0.0132. The van der Waals surface area contributed by atoms with E-state index < -0.39 is 29.7 Å².